The Morgan fingerprint density at radius 1 is 1.04 bits per heavy atom. The second kappa shape index (κ2) is 7.38. The van der Waals surface area contributed by atoms with Gasteiger partial charge in [-0.25, -0.2) is 21.2 Å². The van der Waals surface area contributed by atoms with Crippen LogP contribution in [0.2, 0.25) is 0 Å². The molecule has 0 atom stereocenters. The molecule has 0 unspecified atom stereocenters. The largest absolute Gasteiger partial charge is 0.309 e. The smallest absolute Gasteiger partial charge is 0.268 e. The molecule has 0 N–H and O–H groups in total. The van der Waals surface area contributed by atoms with Gasteiger partial charge in [0, 0.05) is 28.8 Å². The molecule has 0 aliphatic carbocycles. The third-order valence-electron chi connectivity index (χ3n) is 3.86. The molecule has 26 heavy (non-hydrogen) atoms. The van der Waals surface area contributed by atoms with Crippen LogP contribution in [0.4, 0.5) is 8.78 Å². The SMILES string of the molecule is CN(C)CCSc1cn(S(=O)(=O)c2ccc(F)cc2)c2ccc(F)cc12. The van der Waals surface area contributed by atoms with Gasteiger partial charge in [0.25, 0.3) is 10.0 Å². The average molecular weight is 396 g/mol. The first-order valence-corrected chi connectivity index (χ1v) is 10.3. The zero-order valence-electron chi connectivity index (χ0n) is 14.3. The van der Waals surface area contributed by atoms with E-state index in [9.17, 15) is 17.2 Å². The first-order valence-electron chi connectivity index (χ1n) is 7.88. The second-order valence-corrected chi connectivity index (χ2v) is 9.01. The number of nitrogens with zero attached hydrogens (tertiary/aromatic N) is 2. The van der Waals surface area contributed by atoms with Gasteiger partial charge < -0.3 is 4.90 Å². The second-order valence-electron chi connectivity index (χ2n) is 6.06. The zero-order chi connectivity index (χ0) is 18.9. The Bertz CT molecular complexity index is 1030. The lowest BCUT2D eigenvalue weighted by atomic mass is 10.2. The van der Waals surface area contributed by atoms with Crippen LogP contribution in [-0.4, -0.2) is 43.7 Å². The Hall–Kier alpha value is -1.90. The van der Waals surface area contributed by atoms with Gasteiger partial charge in [0.1, 0.15) is 11.6 Å². The van der Waals surface area contributed by atoms with Crippen molar-refractivity contribution in [3.63, 3.8) is 0 Å². The van der Waals surface area contributed by atoms with Crippen LogP contribution < -0.4 is 0 Å². The molecule has 0 radical (unpaired) electrons. The molecule has 8 heteroatoms. The predicted molar refractivity (Wildman–Crippen MR) is 100 cm³/mol. The van der Waals surface area contributed by atoms with Gasteiger partial charge in [-0.05, 0) is 56.6 Å². The third-order valence-corrected chi connectivity index (χ3v) is 6.57. The van der Waals surface area contributed by atoms with E-state index >= 15 is 0 Å². The molecule has 3 rings (SSSR count). The fourth-order valence-electron chi connectivity index (χ4n) is 2.52. The molecule has 138 valence electrons. The molecule has 0 spiro atoms. The van der Waals surface area contributed by atoms with Crippen molar-refractivity contribution in [3.8, 4) is 0 Å². The summed E-state index contributed by atoms with van der Waals surface area (Å²) in [6, 6.07) is 8.66. The minimum absolute atomic E-state index is 0.0232. The molecular formula is C18H18F2N2O2S2. The van der Waals surface area contributed by atoms with E-state index in [1.807, 2.05) is 19.0 Å². The van der Waals surface area contributed by atoms with Crippen LogP contribution in [0.5, 0.6) is 0 Å². The van der Waals surface area contributed by atoms with Gasteiger partial charge in [-0.1, -0.05) is 0 Å². The highest BCUT2D eigenvalue weighted by Crippen LogP contribution is 2.33. The van der Waals surface area contributed by atoms with Crippen molar-refractivity contribution in [2.45, 2.75) is 9.79 Å². The molecule has 1 aromatic heterocycles. The van der Waals surface area contributed by atoms with E-state index in [1.165, 1.54) is 48.3 Å². The first-order chi connectivity index (χ1) is 12.3. The van der Waals surface area contributed by atoms with Crippen molar-refractivity contribution in [3.05, 3.63) is 60.3 Å². The Morgan fingerprint density at radius 3 is 2.35 bits per heavy atom. The van der Waals surface area contributed by atoms with E-state index in [0.717, 1.165) is 28.4 Å². The van der Waals surface area contributed by atoms with Crippen molar-refractivity contribution in [2.24, 2.45) is 0 Å². The number of benzene rings is 2. The molecule has 0 saturated heterocycles. The van der Waals surface area contributed by atoms with Gasteiger partial charge in [0.05, 0.1) is 10.4 Å². The summed E-state index contributed by atoms with van der Waals surface area (Å²) in [5.74, 6) is -0.202. The summed E-state index contributed by atoms with van der Waals surface area (Å²) >= 11 is 1.47. The Labute approximate surface area is 155 Å². The fourth-order valence-corrected chi connectivity index (χ4v) is 5.13. The molecule has 0 aliphatic heterocycles. The van der Waals surface area contributed by atoms with E-state index in [4.69, 9.17) is 0 Å². The van der Waals surface area contributed by atoms with Crippen molar-refractivity contribution >= 4 is 32.7 Å². The maximum absolute atomic E-state index is 13.7. The Kier molecular flexibility index (Phi) is 5.36. The van der Waals surface area contributed by atoms with E-state index in [2.05, 4.69) is 0 Å². The van der Waals surface area contributed by atoms with Crippen molar-refractivity contribution in [1.82, 2.24) is 8.87 Å². The van der Waals surface area contributed by atoms with Crippen LogP contribution in [0.15, 0.2) is 58.5 Å². The number of halogens is 2. The molecule has 0 fully saturated rings. The number of aromatic nitrogens is 1. The lowest BCUT2D eigenvalue weighted by Crippen LogP contribution is -2.14. The van der Waals surface area contributed by atoms with Crippen LogP contribution in [0.3, 0.4) is 0 Å². The molecule has 3 aromatic rings. The predicted octanol–water partition coefficient (Wildman–Crippen LogP) is 3.81. The number of rotatable bonds is 6. The maximum atomic E-state index is 13.7. The molecule has 2 aromatic carbocycles. The zero-order valence-corrected chi connectivity index (χ0v) is 15.9. The molecule has 1 heterocycles. The molecule has 4 nitrogen and oxygen atoms in total. The van der Waals surface area contributed by atoms with Crippen LogP contribution in [0.25, 0.3) is 10.9 Å². The summed E-state index contributed by atoms with van der Waals surface area (Å²) in [6.45, 7) is 0.803. The molecular weight excluding hydrogens is 378 g/mol. The van der Waals surface area contributed by atoms with E-state index in [-0.39, 0.29) is 4.90 Å². The first kappa shape index (κ1) is 18.9. The topological polar surface area (TPSA) is 42.3 Å². The molecule has 0 amide bonds. The van der Waals surface area contributed by atoms with Gasteiger partial charge in [-0.2, -0.15) is 0 Å². The van der Waals surface area contributed by atoms with Crippen molar-refractivity contribution in [2.75, 3.05) is 26.4 Å². The monoisotopic (exact) mass is 396 g/mol. The van der Waals surface area contributed by atoms with Crippen LogP contribution in [0, 0.1) is 11.6 Å². The van der Waals surface area contributed by atoms with E-state index < -0.39 is 21.7 Å². The lowest BCUT2D eigenvalue weighted by molar-refractivity contribution is 0.437. The highest BCUT2D eigenvalue weighted by atomic mass is 32.2. The summed E-state index contributed by atoms with van der Waals surface area (Å²) in [7, 11) is -0.0181. The third kappa shape index (κ3) is 3.77. The quantitative estimate of drug-likeness (QED) is 0.594. The standard InChI is InChI=1S/C18H18F2N2O2S2/c1-21(2)9-10-25-18-12-22(17-8-5-14(20)11-16(17)18)26(23,24)15-6-3-13(19)4-7-15/h3-8,11-12H,9-10H2,1-2H3. The van der Waals surface area contributed by atoms with Gasteiger partial charge in [0.15, 0.2) is 0 Å². The highest BCUT2D eigenvalue weighted by molar-refractivity contribution is 7.99. The number of fused-ring (bicyclic) bond motifs is 1. The van der Waals surface area contributed by atoms with Crippen LogP contribution in [-0.2, 0) is 10.0 Å². The number of thioether (sulfide) groups is 1. The summed E-state index contributed by atoms with van der Waals surface area (Å²) in [5, 5.41) is 0.541. The normalized spacial score (nSPS) is 12.2. The Balaban J connectivity index is 2.09. The van der Waals surface area contributed by atoms with Gasteiger partial charge in [0.2, 0.25) is 0 Å². The highest BCUT2D eigenvalue weighted by Gasteiger charge is 2.22. The van der Waals surface area contributed by atoms with Gasteiger partial charge >= 0.3 is 0 Å². The van der Waals surface area contributed by atoms with Crippen LogP contribution in [0.1, 0.15) is 0 Å². The number of hydrogen-bond acceptors (Lipinski definition) is 4. The van der Waals surface area contributed by atoms with Gasteiger partial charge in [-0.3, -0.25) is 0 Å². The summed E-state index contributed by atoms with van der Waals surface area (Å²) < 4.78 is 53.9. The fraction of sp³-hybridized carbons (Fsp3) is 0.222. The Morgan fingerprint density at radius 2 is 1.69 bits per heavy atom. The van der Waals surface area contributed by atoms with Crippen LogP contribution >= 0.6 is 11.8 Å². The molecule has 0 bridgehead atoms. The average Bonchev–Trinajstić information content (AvgIpc) is 2.94. The minimum Gasteiger partial charge on any atom is -0.309 e. The minimum atomic E-state index is -3.91. The summed E-state index contributed by atoms with van der Waals surface area (Å²) in [5.41, 5.74) is 0.392. The van der Waals surface area contributed by atoms with Gasteiger partial charge in [-0.15, -0.1) is 11.8 Å². The van der Waals surface area contributed by atoms with E-state index in [1.54, 1.807) is 0 Å². The lowest BCUT2D eigenvalue weighted by Gasteiger charge is -2.08. The molecule has 0 aliphatic rings. The van der Waals surface area contributed by atoms with Crippen molar-refractivity contribution < 1.29 is 17.2 Å². The number of hydrogen-bond donors (Lipinski definition) is 0. The van der Waals surface area contributed by atoms with E-state index in [0.29, 0.717) is 15.8 Å². The maximum Gasteiger partial charge on any atom is 0.268 e. The molecule has 0 saturated carbocycles. The van der Waals surface area contributed by atoms with Crippen molar-refractivity contribution in [1.29, 1.82) is 0 Å². The summed E-state index contributed by atoms with van der Waals surface area (Å²) in [6.07, 6.45) is 1.50. The summed E-state index contributed by atoms with van der Waals surface area (Å²) in [4.78, 5) is 2.68.